The molecule has 7 heteroatoms. The second-order valence-corrected chi connectivity index (χ2v) is 9.22. The summed E-state index contributed by atoms with van der Waals surface area (Å²) in [5, 5.41) is 0. The van der Waals surface area contributed by atoms with Gasteiger partial charge in [-0.15, -0.1) is 12.4 Å². The maximum absolute atomic E-state index is 13.3. The monoisotopic (exact) mass is 481 g/mol. The fourth-order valence-electron chi connectivity index (χ4n) is 5.85. The lowest BCUT2D eigenvalue weighted by Gasteiger charge is -2.48. The molecule has 0 saturated heterocycles. The zero-order valence-corrected chi connectivity index (χ0v) is 19.4. The highest BCUT2D eigenvalue weighted by Gasteiger charge is 2.41. The van der Waals surface area contributed by atoms with Crippen LogP contribution in [-0.2, 0) is 19.3 Å². The van der Waals surface area contributed by atoms with Gasteiger partial charge < -0.3 is 18.9 Å². The highest BCUT2D eigenvalue weighted by atomic mass is 35.5. The van der Waals surface area contributed by atoms with E-state index in [-0.39, 0.29) is 43.9 Å². The van der Waals surface area contributed by atoms with Crippen LogP contribution in [0.25, 0.3) is 0 Å². The van der Waals surface area contributed by atoms with E-state index in [1.807, 2.05) is 12.1 Å². The Hall–Kier alpha value is -2.96. The van der Waals surface area contributed by atoms with E-state index in [1.165, 1.54) is 27.8 Å². The van der Waals surface area contributed by atoms with Gasteiger partial charge in [0, 0.05) is 12.1 Å². The summed E-state index contributed by atoms with van der Waals surface area (Å²) in [7, 11) is 0. The predicted molar refractivity (Wildman–Crippen MR) is 127 cm³/mol. The first-order chi connectivity index (χ1) is 16.2. The van der Waals surface area contributed by atoms with E-state index in [9.17, 15) is 4.39 Å². The van der Waals surface area contributed by atoms with Crippen molar-refractivity contribution in [3.63, 3.8) is 0 Å². The standard InChI is InChI=1S/C27H24FNO4.ClH/c28-19-5-3-16(4-6-19)2-1-7-29-22-8-17-10-24-26(32-14-30-24)12-20(17)23(29)9-18-11-25-27(13-21(18)22)33-15-31-25;/h3-6,10-13,22-23H,1-2,7-9,14-15H2;1H. The molecule has 176 valence electrons. The van der Waals surface area contributed by atoms with Crippen LogP contribution in [0.4, 0.5) is 4.39 Å². The molecular formula is C27H25ClFNO4. The highest BCUT2D eigenvalue weighted by molar-refractivity contribution is 5.85. The Kier molecular flexibility index (Phi) is 5.30. The molecular weight excluding hydrogens is 457 g/mol. The second-order valence-electron chi connectivity index (χ2n) is 9.22. The third-order valence-corrected chi connectivity index (χ3v) is 7.41. The molecule has 4 heterocycles. The van der Waals surface area contributed by atoms with Gasteiger partial charge in [0.25, 0.3) is 0 Å². The van der Waals surface area contributed by atoms with Gasteiger partial charge in [-0.2, -0.15) is 0 Å². The Labute approximate surface area is 203 Å². The average molecular weight is 482 g/mol. The van der Waals surface area contributed by atoms with Gasteiger partial charge >= 0.3 is 0 Å². The zero-order valence-electron chi connectivity index (χ0n) is 18.6. The van der Waals surface area contributed by atoms with Gasteiger partial charge in [-0.25, -0.2) is 4.39 Å². The summed E-state index contributed by atoms with van der Waals surface area (Å²) < 4.78 is 36.0. The number of aryl methyl sites for hydroxylation is 1. The first kappa shape index (κ1) is 21.6. The first-order valence-corrected chi connectivity index (χ1v) is 11.6. The third kappa shape index (κ3) is 3.48. The molecule has 2 unspecified atom stereocenters. The maximum Gasteiger partial charge on any atom is 0.231 e. The molecule has 34 heavy (non-hydrogen) atoms. The van der Waals surface area contributed by atoms with Crippen molar-refractivity contribution in [2.45, 2.75) is 37.8 Å². The molecule has 2 atom stereocenters. The second kappa shape index (κ2) is 8.36. The number of benzene rings is 3. The molecule has 0 fully saturated rings. The third-order valence-electron chi connectivity index (χ3n) is 7.41. The number of halogens is 2. The Morgan fingerprint density at radius 2 is 1.24 bits per heavy atom. The summed E-state index contributed by atoms with van der Waals surface area (Å²) in [4.78, 5) is 2.64. The van der Waals surface area contributed by atoms with E-state index in [1.54, 1.807) is 12.1 Å². The normalized spacial score (nSPS) is 21.0. The minimum absolute atomic E-state index is 0. The molecule has 3 aromatic carbocycles. The van der Waals surface area contributed by atoms with Gasteiger partial charge in [-0.1, -0.05) is 12.1 Å². The van der Waals surface area contributed by atoms with E-state index in [0.717, 1.165) is 55.2 Å². The van der Waals surface area contributed by atoms with Gasteiger partial charge in [0.2, 0.25) is 13.6 Å². The topological polar surface area (TPSA) is 40.2 Å². The number of hydrogen-bond acceptors (Lipinski definition) is 5. The number of nitrogens with zero attached hydrogens (tertiary/aromatic N) is 1. The molecule has 0 spiro atoms. The molecule has 0 aromatic heterocycles. The number of rotatable bonds is 4. The first-order valence-electron chi connectivity index (χ1n) is 11.6. The van der Waals surface area contributed by atoms with Crippen LogP contribution in [0.2, 0.25) is 0 Å². The Morgan fingerprint density at radius 3 is 1.76 bits per heavy atom. The molecule has 0 aliphatic carbocycles. The Balaban J connectivity index is 0.00000217. The highest BCUT2D eigenvalue weighted by Crippen LogP contribution is 2.52. The molecule has 4 aliphatic rings. The summed E-state index contributed by atoms with van der Waals surface area (Å²) in [6.07, 6.45) is 3.79. The largest absolute Gasteiger partial charge is 0.454 e. The average Bonchev–Trinajstić information content (AvgIpc) is 3.47. The number of fused-ring (bicyclic) bond motifs is 8. The lowest BCUT2D eigenvalue weighted by Crippen LogP contribution is -2.43. The summed E-state index contributed by atoms with van der Waals surface area (Å²) >= 11 is 0. The minimum Gasteiger partial charge on any atom is -0.454 e. The zero-order chi connectivity index (χ0) is 21.9. The quantitative estimate of drug-likeness (QED) is 0.489. The van der Waals surface area contributed by atoms with Crippen LogP contribution in [0.3, 0.4) is 0 Å². The molecule has 3 aromatic rings. The smallest absolute Gasteiger partial charge is 0.231 e. The fourth-order valence-corrected chi connectivity index (χ4v) is 5.85. The van der Waals surface area contributed by atoms with Crippen LogP contribution in [0.15, 0.2) is 48.5 Å². The van der Waals surface area contributed by atoms with Crippen LogP contribution < -0.4 is 18.9 Å². The van der Waals surface area contributed by atoms with Crippen molar-refractivity contribution in [1.29, 1.82) is 0 Å². The van der Waals surface area contributed by atoms with Crippen molar-refractivity contribution < 1.29 is 23.3 Å². The van der Waals surface area contributed by atoms with Crippen LogP contribution in [0, 0.1) is 5.82 Å². The molecule has 0 N–H and O–H groups in total. The summed E-state index contributed by atoms with van der Waals surface area (Å²) in [5.41, 5.74) is 6.52. The van der Waals surface area contributed by atoms with Gasteiger partial charge in [0.1, 0.15) is 5.82 Å². The van der Waals surface area contributed by atoms with Crippen LogP contribution in [0.5, 0.6) is 23.0 Å². The van der Waals surface area contributed by atoms with Crippen LogP contribution in [-0.4, -0.2) is 25.0 Å². The van der Waals surface area contributed by atoms with Gasteiger partial charge in [0.15, 0.2) is 23.0 Å². The van der Waals surface area contributed by atoms with Crippen molar-refractivity contribution in [1.82, 2.24) is 4.90 Å². The minimum atomic E-state index is -0.185. The van der Waals surface area contributed by atoms with E-state index in [4.69, 9.17) is 18.9 Å². The number of hydrogen-bond donors (Lipinski definition) is 0. The van der Waals surface area contributed by atoms with Gasteiger partial charge in [0.05, 0.1) is 0 Å². The SMILES string of the molecule is Cl.Fc1ccc(CCCN2C3Cc4cc5c(cc4C2Cc2cc4c(cc23)OCO4)OCO5)cc1. The van der Waals surface area contributed by atoms with Gasteiger partial charge in [-0.05, 0) is 96.4 Å². The molecule has 5 nitrogen and oxygen atoms in total. The maximum atomic E-state index is 13.3. The Morgan fingerprint density at radius 1 is 0.735 bits per heavy atom. The lowest BCUT2D eigenvalue weighted by molar-refractivity contribution is 0.0996. The van der Waals surface area contributed by atoms with Crippen molar-refractivity contribution in [2.24, 2.45) is 0 Å². The molecule has 7 rings (SSSR count). The summed E-state index contributed by atoms with van der Waals surface area (Å²) in [6, 6.07) is 16.1. The predicted octanol–water partition coefficient (Wildman–Crippen LogP) is 5.53. The molecule has 4 aliphatic heterocycles. The van der Waals surface area contributed by atoms with E-state index in [0.29, 0.717) is 0 Å². The molecule has 0 saturated carbocycles. The van der Waals surface area contributed by atoms with E-state index >= 15 is 0 Å². The van der Waals surface area contributed by atoms with Crippen LogP contribution in [0.1, 0.15) is 46.3 Å². The van der Waals surface area contributed by atoms with Crippen molar-refractivity contribution in [3.8, 4) is 23.0 Å². The van der Waals surface area contributed by atoms with Crippen molar-refractivity contribution in [2.75, 3.05) is 20.1 Å². The summed E-state index contributed by atoms with van der Waals surface area (Å²) in [5.74, 6) is 3.20. The van der Waals surface area contributed by atoms with E-state index < -0.39 is 0 Å². The van der Waals surface area contributed by atoms with E-state index in [2.05, 4.69) is 29.2 Å². The number of ether oxygens (including phenoxy) is 4. The molecule has 2 bridgehead atoms. The van der Waals surface area contributed by atoms with Gasteiger partial charge in [-0.3, -0.25) is 4.90 Å². The molecule has 0 amide bonds. The molecule has 0 radical (unpaired) electrons. The van der Waals surface area contributed by atoms with Crippen molar-refractivity contribution >= 4 is 12.4 Å². The fraction of sp³-hybridized carbons (Fsp3) is 0.333. The Bertz CT molecular complexity index is 1180. The summed E-state index contributed by atoms with van der Waals surface area (Å²) in [6.45, 7) is 1.54. The van der Waals surface area contributed by atoms with Crippen LogP contribution >= 0.6 is 12.4 Å². The van der Waals surface area contributed by atoms with Crippen molar-refractivity contribution in [3.05, 3.63) is 82.2 Å². The lowest BCUT2D eigenvalue weighted by atomic mass is 9.76.